The number of benzene rings is 1. The van der Waals surface area contributed by atoms with Gasteiger partial charge in [-0.25, -0.2) is 4.39 Å². The number of carboxylic acid groups (broad SMARTS) is 1. The summed E-state index contributed by atoms with van der Waals surface area (Å²) in [6, 6.07) is 3.60. The summed E-state index contributed by atoms with van der Waals surface area (Å²) in [6.07, 6.45) is -4.46. The molecule has 1 aliphatic rings. The maximum absolute atomic E-state index is 14.5. The molecule has 1 aromatic rings. The van der Waals surface area contributed by atoms with E-state index < -0.39 is 23.6 Å². The monoisotopic (exact) mass is 404 g/mol. The van der Waals surface area contributed by atoms with Crippen LogP contribution in [0.5, 0.6) is 0 Å². The van der Waals surface area contributed by atoms with Gasteiger partial charge in [0.2, 0.25) is 0 Å². The van der Waals surface area contributed by atoms with E-state index in [9.17, 15) is 18.0 Å². The highest BCUT2D eigenvalue weighted by Gasteiger charge is 2.55. The number of halogens is 3. The van der Waals surface area contributed by atoms with E-state index >= 15 is 0 Å². The van der Waals surface area contributed by atoms with Crippen molar-refractivity contribution in [1.29, 1.82) is 0 Å². The molecule has 1 aliphatic heterocycles. The molecule has 7 nitrogen and oxygen atoms in total. The van der Waals surface area contributed by atoms with Crippen LogP contribution in [0.1, 0.15) is 31.4 Å². The van der Waals surface area contributed by atoms with Gasteiger partial charge >= 0.3 is 6.11 Å². The Labute approximate surface area is 160 Å². The number of rotatable bonds is 5. The number of carbonyl (C=O) groups excluding carboxylic acids is 1. The molecule has 0 saturated heterocycles. The van der Waals surface area contributed by atoms with Crippen LogP contribution < -0.4 is 5.73 Å². The van der Waals surface area contributed by atoms with Gasteiger partial charge in [-0.05, 0) is 31.5 Å². The molecule has 0 fully saturated rings. The first-order valence-electron chi connectivity index (χ1n) is 8.30. The van der Waals surface area contributed by atoms with Gasteiger partial charge in [0, 0.05) is 25.5 Å². The zero-order valence-corrected chi connectivity index (χ0v) is 15.7. The molecule has 3 N–H and O–H groups in total. The first-order valence-corrected chi connectivity index (χ1v) is 8.30. The van der Waals surface area contributed by atoms with Gasteiger partial charge in [0.05, 0.1) is 12.4 Å². The molecule has 2 atom stereocenters. The number of nitrogens with zero attached hydrogens (tertiary/aromatic N) is 1. The summed E-state index contributed by atoms with van der Waals surface area (Å²) in [6.45, 7) is 2.07. The number of nitrogens with two attached hydrogens (primary N) is 1. The fraction of sp³-hybridized carbons (Fsp3) is 0.500. The van der Waals surface area contributed by atoms with Crippen LogP contribution in [-0.2, 0) is 31.0 Å². The van der Waals surface area contributed by atoms with Crippen molar-refractivity contribution in [2.75, 3.05) is 13.7 Å². The second-order valence-electron chi connectivity index (χ2n) is 6.23. The molecule has 156 valence electrons. The quantitative estimate of drug-likeness (QED) is 0.729. The first-order chi connectivity index (χ1) is 13.0. The molecule has 0 bridgehead atoms. The molecule has 1 aromatic carbocycles. The molecule has 0 amide bonds. The molecule has 1 unspecified atom stereocenters. The fourth-order valence-corrected chi connectivity index (χ4v) is 2.58. The van der Waals surface area contributed by atoms with E-state index in [-0.39, 0.29) is 43.1 Å². The van der Waals surface area contributed by atoms with Gasteiger partial charge in [-0.15, -0.1) is 0 Å². The molecule has 10 heteroatoms. The van der Waals surface area contributed by atoms with Crippen LogP contribution in [0.3, 0.4) is 0 Å². The minimum absolute atomic E-state index is 0.0241. The number of Topliss-reactive ketones (excluding diaryl/α,β-unsaturated/α-hetero) is 1. The summed E-state index contributed by atoms with van der Waals surface area (Å²) < 4.78 is 52.9. The Morgan fingerprint density at radius 3 is 2.68 bits per heavy atom. The van der Waals surface area contributed by atoms with Crippen molar-refractivity contribution in [1.82, 2.24) is 0 Å². The van der Waals surface area contributed by atoms with Crippen LogP contribution in [0.2, 0.25) is 0 Å². The molecule has 0 aliphatic carbocycles. The second kappa shape index (κ2) is 9.65. The SMILES string of the molecule is COC(C)C(=O)Cc1ccc(F)c([C@@]2(C)N=C(N)CCOC2(F)F)c1.O=CO. The number of methoxy groups -OCH3 is 1. The van der Waals surface area contributed by atoms with E-state index in [4.69, 9.17) is 20.4 Å². The Morgan fingerprint density at radius 2 is 2.11 bits per heavy atom. The Bertz CT molecular complexity index is 742. The van der Waals surface area contributed by atoms with E-state index in [2.05, 4.69) is 9.73 Å². The van der Waals surface area contributed by atoms with E-state index in [1.807, 2.05) is 0 Å². The first kappa shape index (κ1) is 23.6. The Hall–Kier alpha value is -2.46. The minimum Gasteiger partial charge on any atom is -0.483 e. The van der Waals surface area contributed by atoms with E-state index in [0.717, 1.165) is 13.0 Å². The van der Waals surface area contributed by atoms with Crippen LogP contribution in [-0.4, -0.2) is 49.1 Å². The lowest BCUT2D eigenvalue weighted by Gasteiger charge is -2.33. The standard InChI is InChI=1S/C17H21F3N2O3.CH2O2/c1-10(24-3)14(23)9-11-4-5-13(18)12(8-11)16(2)17(19,20)25-7-6-15(21)22-16;2-1-3/h4-5,8,10H,6-7,9H2,1-3H3,(H2,21,22);1H,(H,2,3)/t10?,16-;/m1./s1. The average molecular weight is 404 g/mol. The van der Waals surface area contributed by atoms with E-state index in [0.29, 0.717) is 5.56 Å². The highest BCUT2D eigenvalue weighted by atomic mass is 19.3. The van der Waals surface area contributed by atoms with Crippen molar-refractivity contribution >= 4 is 18.1 Å². The number of carbonyl (C=O) groups is 2. The lowest BCUT2D eigenvalue weighted by Crippen LogP contribution is -2.44. The highest BCUT2D eigenvalue weighted by molar-refractivity contribution is 5.85. The van der Waals surface area contributed by atoms with Crippen molar-refractivity contribution in [3.63, 3.8) is 0 Å². The Balaban J connectivity index is 0.00000122. The van der Waals surface area contributed by atoms with Gasteiger partial charge in [0.25, 0.3) is 6.47 Å². The lowest BCUT2D eigenvalue weighted by atomic mass is 9.88. The van der Waals surface area contributed by atoms with Crippen molar-refractivity contribution in [2.24, 2.45) is 10.7 Å². The highest BCUT2D eigenvalue weighted by Crippen LogP contribution is 2.44. The topological polar surface area (TPSA) is 111 Å². The number of alkyl halides is 2. The molecular weight excluding hydrogens is 381 g/mol. The van der Waals surface area contributed by atoms with E-state index in [1.54, 1.807) is 6.92 Å². The summed E-state index contributed by atoms with van der Waals surface area (Å²) in [7, 11) is 1.39. The normalized spacial score (nSPS) is 22.1. The molecule has 0 saturated carbocycles. The molecule has 1 heterocycles. The van der Waals surface area contributed by atoms with Crippen molar-refractivity contribution in [3.05, 3.63) is 35.1 Å². The molecule has 0 spiro atoms. The number of hydrogen-bond donors (Lipinski definition) is 2. The van der Waals surface area contributed by atoms with Crippen LogP contribution in [0.25, 0.3) is 0 Å². The third-order valence-corrected chi connectivity index (χ3v) is 4.32. The van der Waals surface area contributed by atoms with Gasteiger partial charge in [-0.2, -0.15) is 8.78 Å². The summed E-state index contributed by atoms with van der Waals surface area (Å²) in [5.74, 6) is -1.18. The van der Waals surface area contributed by atoms with Gasteiger partial charge < -0.3 is 20.3 Å². The lowest BCUT2D eigenvalue weighted by molar-refractivity contribution is -0.275. The smallest absolute Gasteiger partial charge is 0.384 e. The molecule has 28 heavy (non-hydrogen) atoms. The van der Waals surface area contributed by atoms with E-state index in [1.165, 1.54) is 19.2 Å². The van der Waals surface area contributed by atoms with Gasteiger partial charge in [0.15, 0.2) is 11.3 Å². The van der Waals surface area contributed by atoms with Crippen LogP contribution in [0.4, 0.5) is 13.2 Å². The number of ether oxygens (including phenoxy) is 2. The van der Waals surface area contributed by atoms with Gasteiger partial charge in [0.1, 0.15) is 11.9 Å². The van der Waals surface area contributed by atoms with Crippen LogP contribution in [0, 0.1) is 5.82 Å². The number of aliphatic imine (C=N–C) groups is 1. The third-order valence-electron chi connectivity index (χ3n) is 4.32. The van der Waals surface area contributed by atoms with Crippen LogP contribution in [0.15, 0.2) is 23.2 Å². The predicted molar refractivity (Wildman–Crippen MR) is 94.8 cm³/mol. The summed E-state index contributed by atoms with van der Waals surface area (Å²) in [5, 5.41) is 6.89. The Kier molecular flexibility index (Phi) is 8.13. The minimum atomic E-state index is -3.75. The van der Waals surface area contributed by atoms with Crippen molar-refractivity contribution < 1.29 is 37.3 Å². The number of hydrogen-bond acceptors (Lipinski definition) is 6. The van der Waals surface area contributed by atoms with Gasteiger partial charge in [-0.3, -0.25) is 14.6 Å². The zero-order valence-electron chi connectivity index (χ0n) is 15.7. The summed E-state index contributed by atoms with van der Waals surface area (Å²) in [5.41, 5.74) is 3.31. The summed E-state index contributed by atoms with van der Waals surface area (Å²) in [4.78, 5) is 24.2. The third kappa shape index (κ3) is 5.29. The maximum atomic E-state index is 14.5. The number of ketones is 1. The maximum Gasteiger partial charge on any atom is 0.384 e. The fourth-order valence-electron chi connectivity index (χ4n) is 2.58. The molecule has 2 rings (SSSR count). The summed E-state index contributed by atoms with van der Waals surface area (Å²) >= 11 is 0. The molecule has 0 aromatic heterocycles. The van der Waals surface area contributed by atoms with Gasteiger partial charge in [-0.1, -0.05) is 6.07 Å². The Morgan fingerprint density at radius 1 is 1.50 bits per heavy atom. The molecular formula is C18H23F3N2O5. The van der Waals surface area contributed by atoms with Crippen molar-refractivity contribution in [2.45, 2.75) is 44.4 Å². The average Bonchev–Trinajstić information content (AvgIpc) is 2.72. The van der Waals surface area contributed by atoms with Crippen molar-refractivity contribution in [3.8, 4) is 0 Å². The zero-order chi connectivity index (χ0) is 21.5. The predicted octanol–water partition coefficient (Wildman–Crippen LogP) is 2.26. The largest absolute Gasteiger partial charge is 0.483 e. The second-order valence-corrected chi connectivity index (χ2v) is 6.23. The van der Waals surface area contributed by atoms with Crippen LogP contribution >= 0.6 is 0 Å². The number of amidine groups is 1. The molecule has 0 radical (unpaired) electrons.